The lowest BCUT2D eigenvalue weighted by Crippen LogP contribution is -1.96. The zero-order valence-electron chi connectivity index (χ0n) is 8.76. The van der Waals surface area contributed by atoms with Crippen molar-refractivity contribution in [3.8, 4) is 0 Å². The average Bonchev–Trinajstić information content (AvgIpc) is 2.09. The van der Waals surface area contributed by atoms with Crippen LogP contribution < -0.4 is 0 Å². The van der Waals surface area contributed by atoms with Crippen molar-refractivity contribution in [1.82, 2.24) is 0 Å². The van der Waals surface area contributed by atoms with Gasteiger partial charge in [0.25, 0.3) is 0 Å². The third-order valence-electron chi connectivity index (χ3n) is 2.10. The van der Waals surface area contributed by atoms with E-state index in [1.165, 1.54) is 16.7 Å². The summed E-state index contributed by atoms with van der Waals surface area (Å²) in [6.45, 7) is 7.98. The molecule has 1 aromatic carbocycles. The van der Waals surface area contributed by atoms with Crippen molar-refractivity contribution >= 4 is 0 Å². The van der Waals surface area contributed by atoms with Gasteiger partial charge in [-0.05, 0) is 31.4 Å². The lowest BCUT2D eigenvalue weighted by molar-refractivity contribution is 0.121. The van der Waals surface area contributed by atoms with E-state index >= 15 is 0 Å². The van der Waals surface area contributed by atoms with Gasteiger partial charge >= 0.3 is 0 Å². The molecule has 0 radical (unpaired) electrons. The maximum absolute atomic E-state index is 5.49. The van der Waals surface area contributed by atoms with Crippen molar-refractivity contribution < 1.29 is 4.74 Å². The minimum atomic E-state index is 0.750. The molecule has 1 aromatic rings. The molecule has 1 nitrogen and oxygen atoms in total. The highest BCUT2D eigenvalue weighted by Crippen LogP contribution is 2.11. The molecule has 13 heavy (non-hydrogen) atoms. The van der Waals surface area contributed by atoms with E-state index in [0.29, 0.717) is 0 Å². The molecule has 0 saturated heterocycles. The fourth-order valence-corrected chi connectivity index (χ4v) is 1.33. The van der Waals surface area contributed by atoms with Crippen LogP contribution in [0.3, 0.4) is 0 Å². The fraction of sp³-hybridized carbons (Fsp3) is 0.500. The Morgan fingerprint density at radius 3 is 2.62 bits per heavy atom. The SMILES string of the molecule is CCCOCc1ccc(C)cc1C. The molecule has 0 N–H and O–H groups in total. The first-order valence-electron chi connectivity index (χ1n) is 4.88. The Morgan fingerprint density at radius 2 is 2.00 bits per heavy atom. The summed E-state index contributed by atoms with van der Waals surface area (Å²) < 4.78 is 5.49. The molecule has 0 aliphatic rings. The molecule has 0 aromatic heterocycles. The normalized spacial score (nSPS) is 10.4. The second kappa shape index (κ2) is 5.03. The molecule has 0 spiro atoms. The van der Waals surface area contributed by atoms with Crippen LogP contribution in [0, 0.1) is 13.8 Å². The van der Waals surface area contributed by atoms with Gasteiger partial charge in [0.1, 0.15) is 0 Å². The maximum Gasteiger partial charge on any atom is 0.0719 e. The zero-order valence-corrected chi connectivity index (χ0v) is 8.76. The smallest absolute Gasteiger partial charge is 0.0719 e. The first kappa shape index (κ1) is 10.3. The molecule has 0 fully saturated rings. The lowest BCUT2D eigenvalue weighted by atomic mass is 10.1. The van der Waals surface area contributed by atoms with Crippen LogP contribution in [0.1, 0.15) is 30.0 Å². The van der Waals surface area contributed by atoms with Crippen molar-refractivity contribution in [2.75, 3.05) is 6.61 Å². The van der Waals surface area contributed by atoms with Gasteiger partial charge in [-0.25, -0.2) is 0 Å². The van der Waals surface area contributed by atoms with Gasteiger partial charge in [-0.1, -0.05) is 30.7 Å². The Labute approximate surface area is 80.7 Å². The number of hydrogen-bond acceptors (Lipinski definition) is 1. The predicted molar refractivity (Wildman–Crippen MR) is 55.9 cm³/mol. The van der Waals surface area contributed by atoms with Gasteiger partial charge in [0.15, 0.2) is 0 Å². The second-order valence-electron chi connectivity index (χ2n) is 3.48. The predicted octanol–water partition coefficient (Wildman–Crippen LogP) is 3.23. The van der Waals surface area contributed by atoms with E-state index in [4.69, 9.17) is 4.74 Å². The lowest BCUT2D eigenvalue weighted by Gasteiger charge is -2.06. The molecule has 0 amide bonds. The van der Waals surface area contributed by atoms with Crippen molar-refractivity contribution in [3.63, 3.8) is 0 Å². The molecule has 0 unspecified atom stereocenters. The molecular formula is C12H18O. The Morgan fingerprint density at radius 1 is 1.23 bits per heavy atom. The van der Waals surface area contributed by atoms with Crippen LogP contribution in [-0.2, 0) is 11.3 Å². The van der Waals surface area contributed by atoms with Crippen LogP contribution in [0.5, 0.6) is 0 Å². The summed E-state index contributed by atoms with van der Waals surface area (Å²) in [5, 5.41) is 0. The molecule has 1 heteroatoms. The van der Waals surface area contributed by atoms with Crippen LogP contribution >= 0.6 is 0 Å². The van der Waals surface area contributed by atoms with Crippen molar-refractivity contribution in [2.45, 2.75) is 33.8 Å². The van der Waals surface area contributed by atoms with Crippen LogP contribution in [0.4, 0.5) is 0 Å². The molecule has 72 valence electrons. The summed E-state index contributed by atoms with van der Waals surface area (Å²) in [6, 6.07) is 6.49. The fourth-order valence-electron chi connectivity index (χ4n) is 1.33. The first-order valence-corrected chi connectivity index (χ1v) is 4.88. The van der Waals surface area contributed by atoms with Gasteiger partial charge < -0.3 is 4.74 Å². The monoisotopic (exact) mass is 178 g/mol. The van der Waals surface area contributed by atoms with Gasteiger partial charge in [0, 0.05) is 6.61 Å². The van der Waals surface area contributed by atoms with E-state index in [0.717, 1.165) is 19.6 Å². The quantitative estimate of drug-likeness (QED) is 0.643. The molecular weight excluding hydrogens is 160 g/mol. The summed E-state index contributed by atoms with van der Waals surface area (Å²) in [4.78, 5) is 0. The van der Waals surface area contributed by atoms with Crippen LogP contribution in [-0.4, -0.2) is 6.61 Å². The molecule has 0 saturated carbocycles. The Balaban J connectivity index is 2.56. The van der Waals surface area contributed by atoms with E-state index < -0.39 is 0 Å². The summed E-state index contributed by atoms with van der Waals surface area (Å²) in [7, 11) is 0. The highest BCUT2D eigenvalue weighted by molar-refractivity contribution is 5.29. The number of hydrogen-bond donors (Lipinski definition) is 0. The van der Waals surface area contributed by atoms with E-state index in [1.807, 2.05) is 0 Å². The summed E-state index contributed by atoms with van der Waals surface area (Å²) >= 11 is 0. The van der Waals surface area contributed by atoms with Crippen molar-refractivity contribution in [3.05, 3.63) is 34.9 Å². The topological polar surface area (TPSA) is 9.23 Å². The minimum Gasteiger partial charge on any atom is -0.377 e. The molecule has 0 heterocycles. The van der Waals surface area contributed by atoms with Crippen LogP contribution in [0.2, 0.25) is 0 Å². The largest absolute Gasteiger partial charge is 0.377 e. The van der Waals surface area contributed by atoms with Gasteiger partial charge in [-0.15, -0.1) is 0 Å². The summed E-state index contributed by atoms with van der Waals surface area (Å²) in [5.74, 6) is 0. The Hall–Kier alpha value is -0.820. The van der Waals surface area contributed by atoms with E-state index in [2.05, 4.69) is 39.0 Å². The third-order valence-corrected chi connectivity index (χ3v) is 2.10. The number of aryl methyl sites for hydroxylation is 2. The Kier molecular flexibility index (Phi) is 3.97. The summed E-state index contributed by atoms with van der Waals surface area (Å²) in [6.07, 6.45) is 1.09. The van der Waals surface area contributed by atoms with E-state index in [9.17, 15) is 0 Å². The van der Waals surface area contributed by atoms with E-state index in [-0.39, 0.29) is 0 Å². The van der Waals surface area contributed by atoms with Gasteiger partial charge in [-0.2, -0.15) is 0 Å². The van der Waals surface area contributed by atoms with E-state index in [1.54, 1.807) is 0 Å². The zero-order chi connectivity index (χ0) is 9.68. The van der Waals surface area contributed by atoms with Crippen LogP contribution in [0.25, 0.3) is 0 Å². The number of rotatable bonds is 4. The number of ether oxygens (including phenoxy) is 1. The number of benzene rings is 1. The Bertz CT molecular complexity index is 266. The molecule has 0 atom stereocenters. The minimum absolute atomic E-state index is 0.750. The maximum atomic E-state index is 5.49. The van der Waals surface area contributed by atoms with Crippen LogP contribution in [0.15, 0.2) is 18.2 Å². The van der Waals surface area contributed by atoms with Crippen molar-refractivity contribution in [2.24, 2.45) is 0 Å². The molecule has 0 aliphatic carbocycles. The third kappa shape index (κ3) is 3.19. The highest BCUT2D eigenvalue weighted by atomic mass is 16.5. The average molecular weight is 178 g/mol. The summed E-state index contributed by atoms with van der Waals surface area (Å²) in [5.41, 5.74) is 3.95. The molecule has 0 aliphatic heterocycles. The van der Waals surface area contributed by atoms with Gasteiger partial charge in [-0.3, -0.25) is 0 Å². The first-order chi connectivity index (χ1) is 6.24. The highest BCUT2D eigenvalue weighted by Gasteiger charge is 1.97. The molecule has 0 bridgehead atoms. The standard InChI is InChI=1S/C12H18O/c1-4-7-13-9-12-6-5-10(2)8-11(12)3/h5-6,8H,4,7,9H2,1-3H3. The second-order valence-corrected chi connectivity index (χ2v) is 3.48. The van der Waals surface area contributed by atoms with Gasteiger partial charge in [0.2, 0.25) is 0 Å². The molecule has 1 rings (SSSR count). The van der Waals surface area contributed by atoms with Gasteiger partial charge in [0.05, 0.1) is 6.61 Å². The van der Waals surface area contributed by atoms with Crippen molar-refractivity contribution in [1.29, 1.82) is 0 Å².